The number of benzene rings is 1. The molecule has 19 heavy (non-hydrogen) atoms. The highest BCUT2D eigenvalue weighted by Crippen LogP contribution is 2.22. The number of carbonyl (C=O) groups is 1. The molecule has 1 fully saturated rings. The summed E-state index contributed by atoms with van der Waals surface area (Å²) in [5, 5.41) is 0. The summed E-state index contributed by atoms with van der Waals surface area (Å²) in [7, 11) is 0. The van der Waals surface area contributed by atoms with Crippen molar-refractivity contribution in [2.45, 2.75) is 20.8 Å². The van der Waals surface area contributed by atoms with Crippen LogP contribution in [0.15, 0.2) is 18.2 Å². The molecule has 0 unspecified atom stereocenters. The normalized spacial score (nSPS) is 16.0. The molecular weight excluding hydrogens is 238 g/mol. The van der Waals surface area contributed by atoms with Gasteiger partial charge in [-0.3, -0.25) is 4.79 Å². The van der Waals surface area contributed by atoms with E-state index in [4.69, 9.17) is 5.73 Å². The molecule has 1 heterocycles. The van der Waals surface area contributed by atoms with Crippen LogP contribution < -0.4 is 10.6 Å². The third kappa shape index (κ3) is 3.00. The Hall–Kier alpha value is -1.71. The van der Waals surface area contributed by atoms with Gasteiger partial charge >= 0.3 is 0 Å². The van der Waals surface area contributed by atoms with E-state index in [0.717, 1.165) is 43.1 Å². The molecule has 0 aromatic heterocycles. The summed E-state index contributed by atoms with van der Waals surface area (Å²) in [6.07, 6.45) is 0. The van der Waals surface area contributed by atoms with E-state index in [1.54, 1.807) is 0 Å². The number of nitrogen functional groups attached to an aromatic ring is 1. The van der Waals surface area contributed by atoms with Crippen molar-refractivity contribution in [3.63, 3.8) is 0 Å². The van der Waals surface area contributed by atoms with E-state index in [9.17, 15) is 4.79 Å². The number of aryl methyl sites for hydroxylation is 1. The Labute approximate surface area is 115 Å². The molecule has 1 aromatic carbocycles. The lowest BCUT2D eigenvalue weighted by Gasteiger charge is -2.37. The van der Waals surface area contributed by atoms with Crippen molar-refractivity contribution in [2.75, 3.05) is 36.8 Å². The van der Waals surface area contributed by atoms with Gasteiger partial charge in [-0.25, -0.2) is 0 Å². The van der Waals surface area contributed by atoms with E-state index >= 15 is 0 Å². The average Bonchev–Trinajstić information content (AvgIpc) is 2.41. The van der Waals surface area contributed by atoms with Crippen LogP contribution in [0.5, 0.6) is 0 Å². The fourth-order valence-electron chi connectivity index (χ4n) is 2.37. The first-order valence-corrected chi connectivity index (χ1v) is 6.89. The molecule has 0 radical (unpaired) electrons. The molecule has 1 aromatic rings. The Bertz CT molecular complexity index is 462. The number of nitrogens with two attached hydrogens (primary N) is 1. The van der Waals surface area contributed by atoms with Crippen molar-refractivity contribution in [3.05, 3.63) is 23.8 Å². The number of piperazine rings is 1. The van der Waals surface area contributed by atoms with Gasteiger partial charge in [-0.2, -0.15) is 0 Å². The van der Waals surface area contributed by atoms with Gasteiger partial charge in [0.2, 0.25) is 5.91 Å². The van der Waals surface area contributed by atoms with Crippen LogP contribution in [-0.4, -0.2) is 37.0 Å². The summed E-state index contributed by atoms with van der Waals surface area (Å²) < 4.78 is 0. The molecule has 0 aliphatic carbocycles. The van der Waals surface area contributed by atoms with Crippen molar-refractivity contribution in [1.29, 1.82) is 0 Å². The van der Waals surface area contributed by atoms with E-state index in [0.29, 0.717) is 0 Å². The lowest BCUT2D eigenvalue weighted by molar-refractivity contribution is -0.134. The van der Waals surface area contributed by atoms with Gasteiger partial charge in [0.1, 0.15) is 0 Å². The van der Waals surface area contributed by atoms with Crippen LogP contribution in [0.3, 0.4) is 0 Å². The van der Waals surface area contributed by atoms with E-state index in [-0.39, 0.29) is 11.8 Å². The number of hydrogen-bond donors (Lipinski definition) is 1. The molecule has 0 saturated carbocycles. The molecular formula is C15H23N3O. The van der Waals surface area contributed by atoms with Crippen LogP contribution in [0.25, 0.3) is 0 Å². The fraction of sp³-hybridized carbons (Fsp3) is 0.533. The zero-order chi connectivity index (χ0) is 14.0. The number of nitrogens with zero attached hydrogens (tertiary/aromatic N) is 2. The Kier molecular flexibility index (Phi) is 3.98. The second-order valence-corrected chi connectivity index (χ2v) is 5.51. The molecule has 1 amide bonds. The summed E-state index contributed by atoms with van der Waals surface area (Å²) in [5.41, 5.74) is 9.04. The van der Waals surface area contributed by atoms with Crippen molar-refractivity contribution < 1.29 is 4.79 Å². The third-order valence-corrected chi connectivity index (χ3v) is 3.71. The molecule has 0 bridgehead atoms. The van der Waals surface area contributed by atoms with Gasteiger partial charge in [-0.1, -0.05) is 19.9 Å². The average molecular weight is 261 g/mol. The lowest BCUT2D eigenvalue weighted by Crippen LogP contribution is -2.49. The van der Waals surface area contributed by atoms with Crippen LogP contribution in [-0.2, 0) is 4.79 Å². The Balaban J connectivity index is 2.00. The first kappa shape index (κ1) is 13.7. The Morgan fingerprint density at radius 1 is 1.21 bits per heavy atom. The first-order valence-electron chi connectivity index (χ1n) is 6.89. The highest BCUT2D eigenvalue weighted by molar-refractivity contribution is 5.78. The predicted octanol–water partition coefficient (Wildman–Crippen LogP) is 1.88. The minimum Gasteiger partial charge on any atom is -0.398 e. The van der Waals surface area contributed by atoms with Gasteiger partial charge < -0.3 is 15.5 Å². The SMILES string of the molecule is Cc1ccc(N2CCN(C(=O)C(C)C)CC2)cc1N. The summed E-state index contributed by atoms with van der Waals surface area (Å²) in [5.74, 6) is 0.338. The molecule has 0 spiro atoms. The van der Waals surface area contributed by atoms with E-state index < -0.39 is 0 Å². The van der Waals surface area contributed by atoms with Crippen LogP contribution in [0.2, 0.25) is 0 Å². The van der Waals surface area contributed by atoms with Gasteiger partial charge in [-0.05, 0) is 24.6 Å². The Morgan fingerprint density at radius 3 is 2.37 bits per heavy atom. The molecule has 2 N–H and O–H groups in total. The minimum atomic E-state index is 0.0848. The van der Waals surface area contributed by atoms with E-state index in [1.807, 2.05) is 31.7 Å². The zero-order valence-corrected chi connectivity index (χ0v) is 12.0. The third-order valence-electron chi connectivity index (χ3n) is 3.71. The lowest BCUT2D eigenvalue weighted by atomic mass is 10.1. The minimum absolute atomic E-state index is 0.0848. The molecule has 4 nitrogen and oxygen atoms in total. The molecule has 1 saturated heterocycles. The van der Waals surface area contributed by atoms with Gasteiger partial charge in [0.15, 0.2) is 0 Å². The summed E-state index contributed by atoms with van der Waals surface area (Å²) in [6, 6.07) is 6.18. The van der Waals surface area contributed by atoms with Crippen molar-refractivity contribution >= 4 is 17.3 Å². The maximum atomic E-state index is 11.9. The highest BCUT2D eigenvalue weighted by atomic mass is 16.2. The zero-order valence-electron chi connectivity index (χ0n) is 12.0. The molecule has 2 rings (SSSR count). The molecule has 1 aliphatic rings. The smallest absolute Gasteiger partial charge is 0.225 e. The van der Waals surface area contributed by atoms with Crippen LogP contribution in [0, 0.1) is 12.8 Å². The van der Waals surface area contributed by atoms with Crippen LogP contribution in [0.1, 0.15) is 19.4 Å². The second kappa shape index (κ2) is 5.51. The molecule has 4 heteroatoms. The van der Waals surface area contributed by atoms with Crippen LogP contribution >= 0.6 is 0 Å². The van der Waals surface area contributed by atoms with Gasteiger partial charge in [0, 0.05) is 43.5 Å². The maximum absolute atomic E-state index is 11.9. The second-order valence-electron chi connectivity index (χ2n) is 5.51. The fourth-order valence-corrected chi connectivity index (χ4v) is 2.37. The van der Waals surface area contributed by atoms with Gasteiger partial charge in [0.25, 0.3) is 0 Å². The van der Waals surface area contributed by atoms with E-state index in [1.165, 1.54) is 0 Å². The summed E-state index contributed by atoms with van der Waals surface area (Å²) in [6.45, 7) is 9.26. The van der Waals surface area contributed by atoms with E-state index in [2.05, 4.69) is 17.0 Å². The van der Waals surface area contributed by atoms with Crippen molar-refractivity contribution in [2.24, 2.45) is 5.92 Å². The highest BCUT2D eigenvalue weighted by Gasteiger charge is 2.22. The van der Waals surface area contributed by atoms with Gasteiger partial charge in [0.05, 0.1) is 0 Å². The standard InChI is InChI=1S/C15H23N3O/c1-11(2)15(19)18-8-6-17(7-9-18)13-5-4-12(3)14(16)10-13/h4-5,10-11H,6-9,16H2,1-3H3. The Morgan fingerprint density at radius 2 is 1.84 bits per heavy atom. The van der Waals surface area contributed by atoms with Crippen LogP contribution in [0.4, 0.5) is 11.4 Å². The quantitative estimate of drug-likeness (QED) is 0.827. The van der Waals surface area contributed by atoms with Crippen molar-refractivity contribution in [1.82, 2.24) is 4.90 Å². The number of anilines is 2. The maximum Gasteiger partial charge on any atom is 0.225 e. The van der Waals surface area contributed by atoms with Gasteiger partial charge in [-0.15, -0.1) is 0 Å². The molecule has 104 valence electrons. The summed E-state index contributed by atoms with van der Waals surface area (Å²) in [4.78, 5) is 16.2. The first-order chi connectivity index (χ1) is 8.99. The monoisotopic (exact) mass is 261 g/mol. The predicted molar refractivity (Wildman–Crippen MR) is 79.2 cm³/mol. The summed E-state index contributed by atoms with van der Waals surface area (Å²) >= 11 is 0. The molecule has 0 atom stereocenters. The topological polar surface area (TPSA) is 49.6 Å². The molecule has 1 aliphatic heterocycles. The van der Waals surface area contributed by atoms with Crippen molar-refractivity contribution in [3.8, 4) is 0 Å². The number of rotatable bonds is 2. The number of amides is 1. The number of carbonyl (C=O) groups excluding carboxylic acids is 1. The number of hydrogen-bond acceptors (Lipinski definition) is 3. The largest absolute Gasteiger partial charge is 0.398 e.